The number of rotatable bonds is 4. The Morgan fingerprint density at radius 2 is 1.79 bits per heavy atom. The number of carbonyl (C=O) groups excluding carboxylic acids is 1. The molecule has 1 unspecified atom stereocenters. The lowest BCUT2D eigenvalue weighted by Gasteiger charge is -2.35. The topological polar surface area (TPSA) is 49.6 Å². The molecule has 0 spiro atoms. The highest BCUT2D eigenvalue weighted by Crippen LogP contribution is 2.33. The van der Waals surface area contributed by atoms with Crippen molar-refractivity contribution in [3.05, 3.63) is 0 Å². The minimum absolute atomic E-state index is 0.0222. The van der Waals surface area contributed by atoms with E-state index in [0.717, 1.165) is 12.8 Å². The molecule has 0 radical (unpaired) electrons. The van der Waals surface area contributed by atoms with E-state index in [1.165, 1.54) is 4.90 Å². The second-order valence-corrected chi connectivity index (χ2v) is 5.48. The van der Waals surface area contributed by atoms with Crippen LogP contribution in [-0.2, 0) is 4.79 Å². The lowest BCUT2D eigenvalue weighted by Crippen LogP contribution is -2.51. The molecule has 19 heavy (non-hydrogen) atoms. The summed E-state index contributed by atoms with van der Waals surface area (Å²) >= 11 is 0. The molecule has 0 aromatic heterocycles. The molecule has 0 aromatic rings. The minimum atomic E-state index is -4.17. The maximum atomic E-state index is 12.2. The lowest BCUT2D eigenvalue weighted by atomic mass is 10.1. The largest absolute Gasteiger partial charge is 0.401 e. The van der Waals surface area contributed by atoms with Gasteiger partial charge in [0.05, 0.1) is 6.54 Å². The number of nitrogens with two attached hydrogens (primary N) is 1. The summed E-state index contributed by atoms with van der Waals surface area (Å²) < 4.78 is 36.7. The molecule has 1 saturated heterocycles. The smallest absolute Gasteiger partial charge is 0.340 e. The molecule has 1 heterocycles. The molecular formula is C12H20F3N3O. The standard InChI is InChI=1S/C12H20F3N3O/c13-12(14,15)8-17-3-5-18(6-4-17)11(19)7-10(16)9-1-2-9/h9-10H,1-8,16H2. The fraction of sp³-hybridized carbons (Fsp3) is 0.917. The van der Waals surface area contributed by atoms with E-state index in [0.29, 0.717) is 25.4 Å². The molecule has 1 saturated carbocycles. The van der Waals surface area contributed by atoms with Gasteiger partial charge in [0.2, 0.25) is 5.91 Å². The molecule has 2 aliphatic rings. The summed E-state index contributed by atoms with van der Waals surface area (Å²) in [5.41, 5.74) is 5.89. The second kappa shape index (κ2) is 5.66. The monoisotopic (exact) mass is 279 g/mol. The van der Waals surface area contributed by atoms with Crippen molar-refractivity contribution in [1.29, 1.82) is 0 Å². The van der Waals surface area contributed by atoms with Crippen molar-refractivity contribution >= 4 is 5.91 Å². The summed E-state index contributed by atoms with van der Waals surface area (Å²) in [6.07, 6.45) is -1.66. The first kappa shape index (κ1) is 14.6. The number of piperazine rings is 1. The Bertz CT molecular complexity index is 323. The van der Waals surface area contributed by atoms with Crippen molar-refractivity contribution in [2.75, 3.05) is 32.7 Å². The Morgan fingerprint density at radius 1 is 1.21 bits per heavy atom. The molecule has 1 amide bonds. The minimum Gasteiger partial charge on any atom is -0.340 e. The Kier molecular flexibility index (Phi) is 4.35. The van der Waals surface area contributed by atoms with Gasteiger partial charge in [0.15, 0.2) is 0 Å². The van der Waals surface area contributed by atoms with Crippen LogP contribution < -0.4 is 5.73 Å². The van der Waals surface area contributed by atoms with Crippen LogP contribution in [0.3, 0.4) is 0 Å². The molecular weight excluding hydrogens is 259 g/mol. The van der Waals surface area contributed by atoms with Gasteiger partial charge in [0.1, 0.15) is 0 Å². The predicted molar refractivity (Wildman–Crippen MR) is 64.4 cm³/mol. The zero-order valence-electron chi connectivity index (χ0n) is 10.8. The first-order valence-electron chi connectivity index (χ1n) is 6.67. The molecule has 2 N–H and O–H groups in total. The lowest BCUT2D eigenvalue weighted by molar-refractivity contribution is -0.151. The maximum absolute atomic E-state index is 12.2. The zero-order chi connectivity index (χ0) is 14.0. The van der Waals surface area contributed by atoms with Crippen molar-refractivity contribution in [1.82, 2.24) is 9.80 Å². The molecule has 1 aliphatic heterocycles. The average Bonchev–Trinajstić information content (AvgIpc) is 3.11. The van der Waals surface area contributed by atoms with Crippen LogP contribution >= 0.6 is 0 Å². The molecule has 110 valence electrons. The fourth-order valence-corrected chi connectivity index (χ4v) is 2.43. The molecule has 2 rings (SSSR count). The molecule has 0 aromatic carbocycles. The summed E-state index contributed by atoms with van der Waals surface area (Å²) in [6.45, 7) is 0.406. The molecule has 0 bridgehead atoms. The van der Waals surface area contributed by atoms with Crippen LogP contribution in [0.1, 0.15) is 19.3 Å². The first-order chi connectivity index (χ1) is 8.85. The number of alkyl halides is 3. The summed E-state index contributed by atoms with van der Waals surface area (Å²) in [6, 6.07) is -0.0827. The highest BCUT2D eigenvalue weighted by atomic mass is 19.4. The van der Waals surface area contributed by atoms with Crippen molar-refractivity contribution < 1.29 is 18.0 Å². The number of hydrogen-bond donors (Lipinski definition) is 1. The highest BCUT2D eigenvalue weighted by molar-refractivity contribution is 5.77. The molecule has 2 fully saturated rings. The van der Waals surface area contributed by atoms with Crippen LogP contribution in [0.4, 0.5) is 13.2 Å². The predicted octanol–water partition coefficient (Wildman–Crippen LogP) is 0.820. The third kappa shape index (κ3) is 4.65. The Morgan fingerprint density at radius 3 is 2.26 bits per heavy atom. The second-order valence-electron chi connectivity index (χ2n) is 5.48. The molecule has 1 atom stereocenters. The van der Waals surface area contributed by atoms with Crippen molar-refractivity contribution in [3.8, 4) is 0 Å². The highest BCUT2D eigenvalue weighted by Gasteiger charge is 2.34. The van der Waals surface area contributed by atoms with E-state index in [1.807, 2.05) is 0 Å². The number of halogens is 3. The third-order valence-electron chi connectivity index (χ3n) is 3.77. The van der Waals surface area contributed by atoms with Crippen molar-refractivity contribution in [2.45, 2.75) is 31.5 Å². The van der Waals surface area contributed by atoms with Gasteiger partial charge in [-0.2, -0.15) is 13.2 Å². The van der Waals surface area contributed by atoms with Crippen LogP contribution in [0.25, 0.3) is 0 Å². The van der Waals surface area contributed by atoms with E-state index in [4.69, 9.17) is 5.73 Å². The summed E-state index contributed by atoms with van der Waals surface area (Å²) in [7, 11) is 0. The quantitative estimate of drug-likeness (QED) is 0.829. The fourth-order valence-electron chi connectivity index (χ4n) is 2.43. The first-order valence-corrected chi connectivity index (χ1v) is 6.67. The summed E-state index contributed by atoms with van der Waals surface area (Å²) in [4.78, 5) is 14.9. The van der Waals surface area contributed by atoms with E-state index in [2.05, 4.69) is 0 Å². The normalized spacial score (nSPS) is 23.5. The number of carbonyl (C=O) groups is 1. The van der Waals surface area contributed by atoms with Gasteiger partial charge >= 0.3 is 6.18 Å². The Hall–Kier alpha value is -0.820. The van der Waals surface area contributed by atoms with Crippen LogP contribution in [0.15, 0.2) is 0 Å². The van der Waals surface area contributed by atoms with Gasteiger partial charge in [0.25, 0.3) is 0 Å². The number of nitrogens with zero attached hydrogens (tertiary/aromatic N) is 2. The molecule has 7 heteroatoms. The van der Waals surface area contributed by atoms with Gasteiger partial charge in [-0.1, -0.05) is 0 Å². The van der Waals surface area contributed by atoms with Gasteiger partial charge in [-0.3, -0.25) is 9.69 Å². The van der Waals surface area contributed by atoms with Crippen LogP contribution in [0, 0.1) is 5.92 Å². The van der Waals surface area contributed by atoms with Gasteiger partial charge < -0.3 is 10.6 Å². The van der Waals surface area contributed by atoms with E-state index >= 15 is 0 Å². The average molecular weight is 279 g/mol. The Labute approximate surface area is 110 Å². The van der Waals surface area contributed by atoms with Crippen molar-refractivity contribution in [3.63, 3.8) is 0 Å². The number of hydrogen-bond acceptors (Lipinski definition) is 3. The maximum Gasteiger partial charge on any atom is 0.401 e. The molecule has 1 aliphatic carbocycles. The number of amides is 1. The molecule has 4 nitrogen and oxygen atoms in total. The van der Waals surface area contributed by atoms with Crippen LogP contribution in [-0.4, -0.2) is 60.6 Å². The van der Waals surface area contributed by atoms with Gasteiger partial charge in [-0.25, -0.2) is 0 Å². The van der Waals surface area contributed by atoms with Gasteiger partial charge in [-0.05, 0) is 18.8 Å². The zero-order valence-corrected chi connectivity index (χ0v) is 10.8. The van der Waals surface area contributed by atoms with Crippen LogP contribution in [0.5, 0.6) is 0 Å². The van der Waals surface area contributed by atoms with Gasteiger partial charge in [0, 0.05) is 38.6 Å². The summed E-state index contributed by atoms with van der Waals surface area (Å²) in [5.74, 6) is 0.446. The van der Waals surface area contributed by atoms with E-state index < -0.39 is 12.7 Å². The van der Waals surface area contributed by atoms with Crippen LogP contribution in [0.2, 0.25) is 0 Å². The van der Waals surface area contributed by atoms with E-state index in [-0.39, 0.29) is 25.0 Å². The third-order valence-corrected chi connectivity index (χ3v) is 3.77. The van der Waals surface area contributed by atoms with E-state index in [9.17, 15) is 18.0 Å². The van der Waals surface area contributed by atoms with E-state index in [1.54, 1.807) is 4.90 Å². The Balaban J connectivity index is 1.71. The van der Waals surface area contributed by atoms with Gasteiger partial charge in [-0.15, -0.1) is 0 Å². The SMILES string of the molecule is NC(CC(=O)N1CCN(CC(F)(F)F)CC1)C1CC1. The van der Waals surface area contributed by atoms with Crippen molar-refractivity contribution in [2.24, 2.45) is 11.7 Å². The summed E-state index contributed by atoms with van der Waals surface area (Å²) in [5, 5.41) is 0.